The van der Waals surface area contributed by atoms with Gasteiger partial charge in [-0.25, -0.2) is 0 Å². The lowest BCUT2D eigenvalue weighted by Gasteiger charge is -2.28. The topological polar surface area (TPSA) is 80.0 Å². The fourth-order valence-electron chi connectivity index (χ4n) is 2.26. The third-order valence-electron chi connectivity index (χ3n) is 3.51. The summed E-state index contributed by atoms with van der Waals surface area (Å²) in [6.07, 6.45) is 3.54. The molecule has 16 heavy (non-hydrogen) atoms. The number of nitrogens with one attached hydrogen (secondary N) is 1. The molecule has 0 aromatic carbocycles. The van der Waals surface area contributed by atoms with Gasteiger partial charge in [0.25, 0.3) is 0 Å². The maximum atomic E-state index is 11.0. The van der Waals surface area contributed by atoms with Crippen LogP contribution in [0.4, 0.5) is 5.95 Å². The largest absolute Gasteiger partial charge is 0.481 e. The maximum absolute atomic E-state index is 11.0. The molecule has 1 aromatic rings. The van der Waals surface area contributed by atoms with E-state index in [1.807, 2.05) is 4.57 Å². The highest BCUT2D eigenvalue weighted by Gasteiger charge is 2.31. The molecule has 0 bridgehead atoms. The highest BCUT2D eigenvalue weighted by molar-refractivity contribution is 5.71. The van der Waals surface area contributed by atoms with Crippen LogP contribution in [0.25, 0.3) is 0 Å². The Bertz CT molecular complexity index is 424. The molecule has 2 aliphatic rings. The van der Waals surface area contributed by atoms with Crippen molar-refractivity contribution in [2.75, 3.05) is 11.9 Å². The van der Waals surface area contributed by atoms with E-state index in [9.17, 15) is 4.79 Å². The molecule has 0 radical (unpaired) electrons. The van der Waals surface area contributed by atoms with Crippen molar-refractivity contribution in [1.82, 2.24) is 14.8 Å². The van der Waals surface area contributed by atoms with Gasteiger partial charge in [-0.2, -0.15) is 0 Å². The molecular formula is C10H14N4O2. The minimum absolute atomic E-state index is 0.373. The van der Waals surface area contributed by atoms with Gasteiger partial charge in [-0.15, -0.1) is 10.2 Å². The van der Waals surface area contributed by atoms with Crippen LogP contribution >= 0.6 is 0 Å². The fraction of sp³-hybridized carbons (Fsp3) is 0.700. The SMILES string of the molecule is O=C(O)C1CNc2nnc(C3CCC3)n2C1. The van der Waals surface area contributed by atoms with Gasteiger partial charge in [0.05, 0.1) is 5.92 Å². The van der Waals surface area contributed by atoms with Gasteiger partial charge in [0.2, 0.25) is 5.95 Å². The lowest BCUT2D eigenvalue weighted by molar-refractivity contribution is -0.141. The molecule has 0 saturated heterocycles. The number of anilines is 1. The number of fused-ring (bicyclic) bond motifs is 1. The van der Waals surface area contributed by atoms with Crippen LogP contribution in [0.15, 0.2) is 0 Å². The van der Waals surface area contributed by atoms with Gasteiger partial charge < -0.3 is 10.4 Å². The van der Waals surface area contributed by atoms with Gasteiger partial charge in [0.1, 0.15) is 5.82 Å². The van der Waals surface area contributed by atoms with Crippen molar-refractivity contribution in [2.45, 2.75) is 31.7 Å². The van der Waals surface area contributed by atoms with Crippen molar-refractivity contribution >= 4 is 11.9 Å². The van der Waals surface area contributed by atoms with Gasteiger partial charge >= 0.3 is 5.97 Å². The number of carbonyl (C=O) groups is 1. The summed E-state index contributed by atoms with van der Waals surface area (Å²) >= 11 is 0. The Balaban J connectivity index is 1.88. The molecule has 1 aromatic heterocycles. The smallest absolute Gasteiger partial charge is 0.310 e. The number of nitrogens with zero attached hydrogens (tertiary/aromatic N) is 3. The van der Waals surface area contributed by atoms with Crippen LogP contribution < -0.4 is 5.32 Å². The lowest BCUT2D eigenvalue weighted by Crippen LogP contribution is -2.34. The van der Waals surface area contributed by atoms with Crippen LogP contribution in [0.1, 0.15) is 31.0 Å². The van der Waals surface area contributed by atoms with Crippen molar-refractivity contribution in [2.24, 2.45) is 5.92 Å². The molecule has 1 unspecified atom stereocenters. The average Bonchev–Trinajstić information content (AvgIpc) is 2.59. The molecule has 6 nitrogen and oxygen atoms in total. The molecular weight excluding hydrogens is 208 g/mol. The molecule has 6 heteroatoms. The molecule has 3 rings (SSSR count). The zero-order valence-electron chi connectivity index (χ0n) is 8.89. The summed E-state index contributed by atoms with van der Waals surface area (Å²) in [5.74, 6) is 1.03. The zero-order valence-corrected chi connectivity index (χ0v) is 8.89. The van der Waals surface area contributed by atoms with Gasteiger partial charge in [0.15, 0.2) is 0 Å². The molecule has 2 N–H and O–H groups in total. The van der Waals surface area contributed by atoms with E-state index < -0.39 is 5.97 Å². The first-order valence-corrected chi connectivity index (χ1v) is 5.65. The van der Waals surface area contributed by atoms with E-state index in [0.29, 0.717) is 19.0 Å². The van der Waals surface area contributed by atoms with Crippen LogP contribution in [-0.4, -0.2) is 32.4 Å². The zero-order chi connectivity index (χ0) is 11.1. The van der Waals surface area contributed by atoms with E-state index in [2.05, 4.69) is 15.5 Å². The Morgan fingerprint density at radius 1 is 1.44 bits per heavy atom. The number of carboxylic acid groups (broad SMARTS) is 1. The quantitative estimate of drug-likeness (QED) is 0.768. The Kier molecular flexibility index (Phi) is 2.08. The highest BCUT2D eigenvalue weighted by Crippen LogP contribution is 2.36. The molecule has 2 heterocycles. The molecule has 0 amide bonds. The number of rotatable bonds is 2. The minimum atomic E-state index is -0.758. The van der Waals surface area contributed by atoms with Crippen LogP contribution in [0.5, 0.6) is 0 Å². The highest BCUT2D eigenvalue weighted by atomic mass is 16.4. The Hall–Kier alpha value is -1.59. The molecule has 1 saturated carbocycles. The summed E-state index contributed by atoms with van der Waals surface area (Å²) in [6, 6.07) is 0. The van der Waals surface area contributed by atoms with Crippen molar-refractivity contribution in [3.63, 3.8) is 0 Å². The minimum Gasteiger partial charge on any atom is -0.481 e. The van der Waals surface area contributed by atoms with Crippen molar-refractivity contribution in [3.05, 3.63) is 5.82 Å². The second kappa shape index (κ2) is 3.47. The molecule has 0 spiro atoms. The van der Waals surface area contributed by atoms with Crippen molar-refractivity contribution < 1.29 is 9.90 Å². The van der Waals surface area contributed by atoms with Crippen LogP contribution in [-0.2, 0) is 11.3 Å². The predicted octanol–water partition coefficient (Wildman–Crippen LogP) is 0.672. The first-order valence-electron chi connectivity index (χ1n) is 5.65. The summed E-state index contributed by atoms with van der Waals surface area (Å²) < 4.78 is 1.94. The van der Waals surface area contributed by atoms with E-state index >= 15 is 0 Å². The number of aromatic nitrogens is 3. The van der Waals surface area contributed by atoms with Crippen LogP contribution in [0.3, 0.4) is 0 Å². The predicted molar refractivity (Wildman–Crippen MR) is 56.2 cm³/mol. The maximum Gasteiger partial charge on any atom is 0.310 e. The molecule has 1 aliphatic carbocycles. The first-order chi connectivity index (χ1) is 7.75. The van der Waals surface area contributed by atoms with E-state index in [1.54, 1.807) is 0 Å². The number of hydrogen-bond donors (Lipinski definition) is 2. The molecule has 86 valence electrons. The molecule has 1 aliphatic heterocycles. The number of carboxylic acids is 1. The van der Waals surface area contributed by atoms with Crippen molar-refractivity contribution in [3.8, 4) is 0 Å². The second-order valence-electron chi connectivity index (χ2n) is 4.54. The number of aliphatic carboxylic acids is 1. The average molecular weight is 222 g/mol. The summed E-state index contributed by atoms with van der Waals surface area (Å²) in [5.41, 5.74) is 0. The standard InChI is InChI=1S/C10H14N4O2/c15-9(16)7-4-11-10-13-12-8(14(10)5-7)6-2-1-3-6/h6-7H,1-5H2,(H,11,13)(H,15,16). The second-order valence-corrected chi connectivity index (χ2v) is 4.54. The third kappa shape index (κ3) is 1.36. The Labute approximate surface area is 92.7 Å². The Morgan fingerprint density at radius 2 is 2.25 bits per heavy atom. The summed E-state index contributed by atoms with van der Waals surface area (Å²) in [6.45, 7) is 0.939. The van der Waals surface area contributed by atoms with Gasteiger partial charge in [-0.3, -0.25) is 9.36 Å². The van der Waals surface area contributed by atoms with Gasteiger partial charge in [-0.1, -0.05) is 6.42 Å². The van der Waals surface area contributed by atoms with E-state index in [1.165, 1.54) is 6.42 Å². The Morgan fingerprint density at radius 3 is 2.88 bits per heavy atom. The van der Waals surface area contributed by atoms with Crippen LogP contribution in [0, 0.1) is 5.92 Å². The summed E-state index contributed by atoms with van der Waals surface area (Å²) in [5, 5.41) is 20.3. The first kappa shape index (κ1) is 9.62. The van der Waals surface area contributed by atoms with Crippen LogP contribution in [0.2, 0.25) is 0 Å². The van der Waals surface area contributed by atoms with E-state index in [-0.39, 0.29) is 5.92 Å². The summed E-state index contributed by atoms with van der Waals surface area (Å²) in [4.78, 5) is 11.0. The monoisotopic (exact) mass is 222 g/mol. The van der Waals surface area contributed by atoms with E-state index in [0.717, 1.165) is 24.6 Å². The fourth-order valence-corrected chi connectivity index (χ4v) is 2.26. The molecule has 1 fully saturated rings. The summed E-state index contributed by atoms with van der Waals surface area (Å²) in [7, 11) is 0. The number of hydrogen-bond acceptors (Lipinski definition) is 4. The lowest BCUT2D eigenvalue weighted by atomic mass is 9.84. The molecule has 1 atom stereocenters. The van der Waals surface area contributed by atoms with Crippen molar-refractivity contribution in [1.29, 1.82) is 0 Å². The van der Waals surface area contributed by atoms with E-state index in [4.69, 9.17) is 5.11 Å². The van der Waals surface area contributed by atoms with Gasteiger partial charge in [-0.05, 0) is 12.8 Å². The third-order valence-corrected chi connectivity index (χ3v) is 3.51. The normalized spacial score (nSPS) is 24.4. The van der Waals surface area contributed by atoms with Gasteiger partial charge in [0, 0.05) is 19.0 Å².